The molecular formula is C25H29FN2O4. The number of carbonyl (C=O) groups is 2. The zero-order valence-corrected chi connectivity index (χ0v) is 18.8. The lowest BCUT2D eigenvalue weighted by molar-refractivity contribution is 0.0519. The normalized spacial score (nSPS) is 18.2. The molecule has 0 saturated carbocycles. The maximum absolute atomic E-state index is 14.5. The van der Waals surface area contributed by atoms with Crippen molar-refractivity contribution in [3.05, 3.63) is 63.5 Å². The number of ether oxygens (including phenoxy) is 2. The number of carbonyl (C=O) groups excluding carboxylic acids is 2. The van der Waals surface area contributed by atoms with E-state index in [1.807, 2.05) is 24.8 Å². The molecule has 0 radical (unpaired) electrons. The molecule has 1 fully saturated rings. The Balaban J connectivity index is 1.63. The molecular weight excluding hydrogens is 411 g/mol. The van der Waals surface area contributed by atoms with Crippen molar-refractivity contribution in [2.24, 2.45) is 0 Å². The largest absolute Gasteiger partial charge is 0.491 e. The summed E-state index contributed by atoms with van der Waals surface area (Å²) >= 11 is 0. The van der Waals surface area contributed by atoms with Crippen LogP contribution in [-0.2, 0) is 11.2 Å². The second-order valence-corrected chi connectivity index (χ2v) is 8.47. The molecule has 0 aromatic heterocycles. The summed E-state index contributed by atoms with van der Waals surface area (Å²) in [6, 6.07) is 6.49. The van der Waals surface area contributed by atoms with Gasteiger partial charge in [0.2, 0.25) is 0 Å². The Bertz CT molecular complexity index is 1050. The highest BCUT2D eigenvalue weighted by Crippen LogP contribution is 2.33. The van der Waals surface area contributed by atoms with E-state index in [9.17, 15) is 14.0 Å². The van der Waals surface area contributed by atoms with E-state index in [0.717, 1.165) is 41.7 Å². The Morgan fingerprint density at radius 1 is 1.22 bits per heavy atom. The predicted molar refractivity (Wildman–Crippen MR) is 119 cm³/mol. The number of halogens is 1. The van der Waals surface area contributed by atoms with Crippen LogP contribution in [0.3, 0.4) is 0 Å². The number of amides is 2. The standard InChI is InChI=1S/C25H29FN2O4/c1-15-16(2)23-21(25(30)28(8-10-32-23)14-19-5-4-9-31-19)13-18(15)11-17-6-7-20(22(26)12-17)24(29)27-3/h6-7,12-13,19H,4-5,8-11,14H2,1-3H3,(H,27,29). The highest BCUT2D eigenvalue weighted by atomic mass is 19.1. The van der Waals surface area contributed by atoms with Crippen LogP contribution in [0.5, 0.6) is 5.75 Å². The van der Waals surface area contributed by atoms with Crippen LogP contribution in [0.25, 0.3) is 0 Å². The van der Waals surface area contributed by atoms with Crippen LogP contribution in [0.4, 0.5) is 4.39 Å². The number of nitrogens with zero attached hydrogens (tertiary/aromatic N) is 1. The van der Waals surface area contributed by atoms with Crippen LogP contribution in [-0.4, -0.2) is 56.2 Å². The van der Waals surface area contributed by atoms with E-state index in [1.54, 1.807) is 6.07 Å². The molecule has 0 bridgehead atoms. The van der Waals surface area contributed by atoms with Gasteiger partial charge in [-0.1, -0.05) is 6.07 Å². The smallest absolute Gasteiger partial charge is 0.257 e. The number of hydrogen-bond donors (Lipinski definition) is 1. The molecule has 0 spiro atoms. The number of nitrogens with one attached hydrogen (secondary N) is 1. The first kappa shape index (κ1) is 22.3. The van der Waals surface area contributed by atoms with Crippen molar-refractivity contribution >= 4 is 11.8 Å². The zero-order chi connectivity index (χ0) is 22.8. The Hall–Kier alpha value is -2.93. The molecule has 2 aliphatic rings. The molecule has 32 heavy (non-hydrogen) atoms. The predicted octanol–water partition coefficient (Wildman–Crippen LogP) is 3.41. The summed E-state index contributed by atoms with van der Waals surface area (Å²) in [5, 5.41) is 2.44. The lowest BCUT2D eigenvalue weighted by atomic mass is 9.92. The van der Waals surface area contributed by atoms with E-state index in [-0.39, 0.29) is 17.6 Å². The van der Waals surface area contributed by atoms with E-state index in [2.05, 4.69) is 5.32 Å². The van der Waals surface area contributed by atoms with E-state index >= 15 is 0 Å². The maximum atomic E-state index is 14.5. The summed E-state index contributed by atoms with van der Waals surface area (Å²) in [5.41, 5.74) is 4.16. The summed E-state index contributed by atoms with van der Waals surface area (Å²) in [4.78, 5) is 27.0. The molecule has 7 heteroatoms. The second-order valence-electron chi connectivity index (χ2n) is 8.47. The van der Waals surface area contributed by atoms with Gasteiger partial charge in [-0.3, -0.25) is 9.59 Å². The number of rotatable bonds is 5. The van der Waals surface area contributed by atoms with Crippen molar-refractivity contribution in [1.29, 1.82) is 0 Å². The third kappa shape index (κ3) is 4.35. The second kappa shape index (κ2) is 9.28. The molecule has 2 aliphatic heterocycles. The molecule has 4 rings (SSSR count). The summed E-state index contributed by atoms with van der Waals surface area (Å²) in [7, 11) is 1.47. The number of fused-ring (bicyclic) bond motifs is 1. The number of benzene rings is 2. The van der Waals surface area contributed by atoms with Crippen LogP contribution in [0.15, 0.2) is 24.3 Å². The van der Waals surface area contributed by atoms with Crippen molar-refractivity contribution in [3.63, 3.8) is 0 Å². The minimum atomic E-state index is -0.562. The summed E-state index contributed by atoms with van der Waals surface area (Å²) in [6.07, 6.45) is 2.52. The molecule has 0 aliphatic carbocycles. The first-order chi connectivity index (χ1) is 15.4. The van der Waals surface area contributed by atoms with Gasteiger partial charge in [0.05, 0.1) is 23.8 Å². The van der Waals surface area contributed by atoms with Gasteiger partial charge in [0, 0.05) is 20.2 Å². The van der Waals surface area contributed by atoms with Crippen molar-refractivity contribution in [1.82, 2.24) is 10.2 Å². The van der Waals surface area contributed by atoms with E-state index in [0.29, 0.717) is 37.4 Å². The fourth-order valence-corrected chi connectivity index (χ4v) is 4.44. The van der Waals surface area contributed by atoms with E-state index in [1.165, 1.54) is 19.2 Å². The molecule has 2 amide bonds. The van der Waals surface area contributed by atoms with Gasteiger partial charge in [0.25, 0.3) is 11.8 Å². The summed E-state index contributed by atoms with van der Waals surface area (Å²) < 4.78 is 26.2. The molecule has 1 atom stereocenters. The Morgan fingerprint density at radius 2 is 2.03 bits per heavy atom. The van der Waals surface area contributed by atoms with Gasteiger partial charge < -0.3 is 19.7 Å². The Kier molecular flexibility index (Phi) is 6.46. The van der Waals surface area contributed by atoms with Crippen LogP contribution in [0.1, 0.15) is 55.8 Å². The van der Waals surface area contributed by atoms with Gasteiger partial charge in [-0.2, -0.15) is 0 Å². The molecule has 2 heterocycles. The maximum Gasteiger partial charge on any atom is 0.257 e. The highest BCUT2D eigenvalue weighted by Gasteiger charge is 2.29. The van der Waals surface area contributed by atoms with E-state index < -0.39 is 11.7 Å². The van der Waals surface area contributed by atoms with Crippen molar-refractivity contribution in [3.8, 4) is 5.75 Å². The van der Waals surface area contributed by atoms with Crippen LogP contribution < -0.4 is 10.1 Å². The average Bonchev–Trinajstić information content (AvgIpc) is 3.24. The summed E-state index contributed by atoms with van der Waals surface area (Å²) in [5.74, 6) is -0.445. The van der Waals surface area contributed by atoms with Gasteiger partial charge in [-0.15, -0.1) is 0 Å². The minimum Gasteiger partial charge on any atom is -0.491 e. The first-order valence-corrected chi connectivity index (χ1v) is 11.1. The average molecular weight is 441 g/mol. The molecule has 6 nitrogen and oxygen atoms in total. The highest BCUT2D eigenvalue weighted by molar-refractivity contribution is 5.98. The molecule has 170 valence electrons. The van der Waals surface area contributed by atoms with Crippen LogP contribution in [0.2, 0.25) is 0 Å². The molecule has 1 N–H and O–H groups in total. The van der Waals surface area contributed by atoms with Gasteiger partial charge in [0.15, 0.2) is 0 Å². The van der Waals surface area contributed by atoms with Gasteiger partial charge in [-0.25, -0.2) is 4.39 Å². The van der Waals surface area contributed by atoms with Crippen LogP contribution in [0, 0.1) is 19.7 Å². The fraction of sp³-hybridized carbons (Fsp3) is 0.440. The summed E-state index contributed by atoms with van der Waals surface area (Å²) in [6.45, 7) is 6.22. The number of hydrogen-bond acceptors (Lipinski definition) is 4. The Labute approximate surface area is 187 Å². The third-order valence-corrected chi connectivity index (χ3v) is 6.42. The molecule has 2 aromatic carbocycles. The lowest BCUT2D eigenvalue weighted by Crippen LogP contribution is -2.38. The quantitative estimate of drug-likeness (QED) is 0.774. The zero-order valence-electron chi connectivity index (χ0n) is 18.8. The van der Waals surface area contributed by atoms with Crippen molar-refractivity contribution < 1.29 is 23.5 Å². The first-order valence-electron chi connectivity index (χ1n) is 11.1. The fourth-order valence-electron chi connectivity index (χ4n) is 4.44. The minimum absolute atomic E-state index is 0.0134. The van der Waals surface area contributed by atoms with Crippen molar-refractivity contribution in [2.45, 2.75) is 39.2 Å². The van der Waals surface area contributed by atoms with Gasteiger partial charge >= 0.3 is 0 Å². The SMILES string of the molecule is CNC(=O)c1ccc(Cc2cc3c(c(C)c2C)OCCN(CC2CCCO2)C3=O)cc1F. The molecule has 2 aromatic rings. The molecule has 1 unspecified atom stereocenters. The monoisotopic (exact) mass is 440 g/mol. The van der Waals surface area contributed by atoms with Crippen molar-refractivity contribution in [2.75, 3.05) is 33.4 Å². The third-order valence-electron chi connectivity index (χ3n) is 6.42. The molecule has 1 saturated heterocycles. The topological polar surface area (TPSA) is 67.9 Å². The van der Waals surface area contributed by atoms with Crippen LogP contribution >= 0.6 is 0 Å². The van der Waals surface area contributed by atoms with Gasteiger partial charge in [0.1, 0.15) is 18.2 Å². The van der Waals surface area contributed by atoms with E-state index in [4.69, 9.17) is 9.47 Å². The Morgan fingerprint density at radius 3 is 2.72 bits per heavy atom. The van der Waals surface area contributed by atoms with Gasteiger partial charge in [-0.05, 0) is 73.6 Å². The lowest BCUT2D eigenvalue weighted by Gasteiger charge is -2.23.